The molecule has 2 aliphatic rings. The van der Waals surface area contributed by atoms with E-state index in [1.807, 2.05) is 31.3 Å². The number of piperazine rings is 1. The lowest BCUT2D eigenvalue weighted by atomic mass is 10.1. The Labute approximate surface area is 208 Å². The predicted octanol–water partition coefficient (Wildman–Crippen LogP) is 2.76. The highest BCUT2D eigenvalue weighted by atomic mass is 127. The van der Waals surface area contributed by atoms with E-state index in [9.17, 15) is 0 Å². The third kappa shape index (κ3) is 6.35. The van der Waals surface area contributed by atoms with Gasteiger partial charge in [-0.05, 0) is 38.1 Å². The summed E-state index contributed by atoms with van der Waals surface area (Å²) in [5.41, 5.74) is 0. The van der Waals surface area contributed by atoms with Crippen LogP contribution in [0.15, 0.2) is 45.9 Å². The van der Waals surface area contributed by atoms with E-state index in [4.69, 9.17) is 14.1 Å². The molecular weight excluding hydrogens is 519 g/mol. The van der Waals surface area contributed by atoms with Crippen LogP contribution >= 0.6 is 24.0 Å². The van der Waals surface area contributed by atoms with Gasteiger partial charge in [-0.3, -0.25) is 9.89 Å². The molecule has 8 nitrogen and oxygen atoms in total. The largest absolute Gasteiger partial charge is 0.465 e. The summed E-state index contributed by atoms with van der Waals surface area (Å²) in [6.07, 6.45) is 1.86. The Kier molecular flexibility index (Phi) is 9.61. The van der Waals surface area contributed by atoms with Crippen LogP contribution in [0.4, 0.5) is 5.82 Å². The van der Waals surface area contributed by atoms with Crippen molar-refractivity contribution in [2.45, 2.75) is 19.9 Å². The Morgan fingerprint density at radius 1 is 1.09 bits per heavy atom. The number of nitrogens with one attached hydrogen (secondary N) is 1. The van der Waals surface area contributed by atoms with E-state index in [-0.39, 0.29) is 30.0 Å². The maximum absolute atomic E-state index is 6.00. The van der Waals surface area contributed by atoms with Gasteiger partial charge in [0.15, 0.2) is 5.96 Å². The van der Waals surface area contributed by atoms with Gasteiger partial charge in [0, 0.05) is 52.0 Å². The molecule has 4 rings (SSSR count). The molecule has 2 aromatic rings. The number of ether oxygens (including phenoxy) is 1. The zero-order chi connectivity index (χ0) is 21.5. The number of guanidine groups is 1. The molecule has 2 aromatic heterocycles. The second kappa shape index (κ2) is 12.4. The van der Waals surface area contributed by atoms with Gasteiger partial charge < -0.3 is 24.3 Å². The van der Waals surface area contributed by atoms with E-state index in [0.717, 1.165) is 82.3 Å². The molecule has 4 heterocycles. The van der Waals surface area contributed by atoms with Gasteiger partial charge in [0.25, 0.3) is 0 Å². The number of pyridine rings is 1. The zero-order valence-corrected chi connectivity index (χ0v) is 21.4. The van der Waals surface area contributed by atoms with Gasteiger partial charge in [-0.2, -0.15) is 0 Å². The van der Waals surface area contributed by atoms with E-state index in [1.54, 1.807) is 0 Å². The Morgan fingerprint density at radius 2 is 1.88 bits per heavy atom. The topological polar surface area (TPSA) is 69.4 Å². The summed E-state index contributed by atoms with van der Waals surface area (Å²) >= 11 is 0. The molecule has 32 heavy (non-hydrogen) atoms. The molecular formula is C23H35IN6O2. The first-order valence-corrected chi connectivity index (χ1v) is 11.3. The van der Waals surface area contributed by atoms with Crippen LogP contribution < -0.4 is 10.2 Å². The number of aryl methyl sites for hydroxylation is 1. The van der Waals surface area contributed by atoms with E-state index in [0.29, 0.717) is 6.54 Å². The molecule has 0 bridgehead atoms. The van der Waals surface area contributed by atoms with Gasteiger partial charge in [0.2, 0.25) is 0 Å². The van der Waals surface area contributed by atoms with Crippen LogP contribution in [0, 0.1) is 6.92 Å². The SMILES string of the molecule is CCNC(=NCC(c1ccc(C)o1)N1CCOCC1)N1CCN(c2ccccn2)CC1.I. The molecule has 1 atom stereocenters. The molecule has 9 heteroatoms. The third-order valence-electron chi connectivity index (χ3n) is 5.88. The minimum atomic E-state index is 0. The highest BCUT2D eigenvalue weighted by molar-refractivity contribution is 14.0. The molecule has 0 saturated carbocycles. The summed E-state index contributed by atoms with van der Waals surface area (Å²) in [4.78, 5) is 16.7. The number of aromatic nitrogens is 1. The average molecular weight is 554 g/mol. The van der Waals surface area contributed by atoms with Crippen LogP contribution in [0.2, 0.25) is 0 Å². The summed E-state index contributed by atoms with van der Waals surface area (Å²) in [6, 6.07) is 10.3. The standard InChI is InChI=1S/C23H34N6O2.HI/c1-3-24-23(29-12-10-28(11-13-29)22-6-4-5-9-25-22)26-18-20(21-8-7-19(2)31-21)27-14-16-30-17-15-27;/h4-9,20H,3,10-18H2,1-2H3,(H,24,26);1H. The summed E-state index contributed by atoms with van der Waals surface area (Å²) in [5.74, 6) is 3.95. The minimum absolute atomic E-state index is 0. The molecule has 2 aliphatic heterocycles. The van der Waals surface area contributed by atoms with Crippen molar-refractivity contribution in [3.8, 4) is 0 Å². The lowest BCUT2D eigenvalue weighted by Gasteiger charge is -2.37. The lowest BCUT2D eigenvalue weighted by molar-refractivity contribution is 0.0135. The highest BCUT2D eigenvalue weighted by Crippen LogP contribution is 2.24. The molecule has 2 saturated heterocycles. The van der Waals surface area contributed by atoms with Crippen molar-refractivity contribution in [1.82, 2.24) is 20.1 Å². The molecule has 0 aliphatic carbocycles. The fourth-order valence-corrected chi connectivity index (χ4v) is 4.19. The Bertz CT molecular complexity index is 832. The molecule has 1 N–H and O–H groups in total. The van der Waals surface area contributed by atoms with Gasteiger partial charge in [-0.25, -0.2) is 4.98 Å². The molecule has 1 unspecified atom stereocenters. The number of anilines is 1. The first-order valence-electron chi connectivity index (χ1n) is 11.3. The van der Waals surface area contributed by atoms with Crippen LogP contribution in [0.25, 0.3) is 0 Å². The van der Waals surface area contributed by atoms with Gasteiger partial charge in [-0.15, -0.1) is 24.0 Å². The third-order valence-corrected chi connectivity index (χ3v) is 5.88. The number of aliphatic imine (C=N–C) groups is 1. The van der Waals surface area contributed by atoms with Gasteiger partial charge in [-0.1, -0.05) is 6.07 Å². The molecule has 2 fully saturated rings. The van der Waals surface area contributed by atoms with Crippen molar-refractivity contribution in [3.05, 3.63) is 48.0 Å². The summed E-state index contributed by atoms with van der Waals surface area (Å²) < 4.78 is 11.6. The van der Waals surface area contributed by atoms with Gasteiger partial charge in [0.1, 0.15) is 17.3 Å². The first-order chi connectivity index (χ1) is 15.2. The van der Waals surface area contributed by atoms with Crippen LogP contribution in [-0.4, -0.2) is 86.3 Å². The van der Waals surface area contributed by atoms with Crippen LogP contribution in [0.3, 0.4) is 0 Å². The van der Waals surface area contributed by atoms with E-state index in [2.05, 4.69) is 44.1 Å². The number of halogens is 1. The minimum Gasteiger partial charge on any atom is -0.465 e. The Morgan fingerprint density at radius 3 is 2.50 bits per heavy atom. The molecule has 0 aromatic carbocycles. The first kappa shape index (κ1) is 24.8. The van der Waals surface area contributed by atoms with Gasteiger partial charge in [0.05, 0.1) is 25.8 Å². The van der Waals surface area contributed by atoms with Crippen molar-refractivity contribution in [3.63, 3.8) is 0 Å². The molecule has 0 spiro atoms. The number of morpholine rings is 1. The smallest absolute Gasteiger partial charge is 0.194 e. The number of furan rings is 1. The van der Waals surface area contributed by atoms with Crippen LogP contribution in [-0.2, 0) is 4.74 Å². The zero-order valence-electron chi connectivity index (χ0n) is 19.1. The quantitative estimate of drug-likeness (QED) is 0.335. The Balaban J connectivity index is 0.00000289. The number of nitrogens with zero attached hydrogens (tertiary/aromatic N) is 5. The molecule has 0 radical (unpaired) electrons. The van der Waals surface area contributed by atoms with E-state index < -0.39 is 0 Å². The fraction of sp³-hybridized carbons (Fsp3) is 0.565. The van der Waals surface area contributed by atoms with E-state index >= 15 is 0 Å². The van der Waals surface area contributed by atoms with E-state index in [1.165, 1.54) is 0 Å². The summed E-state index contributed by atoms with van der Waals surface area (Å²) in [7, 11) is 0. The second-order valence-corrected chi connectivity index (χ2v) is 7.97. The molecule has 176 valence electrons. The second-order valence-electron chi connectivity index (χ2n) is 7.97. The van der Waals surface area contributed by atoms with Crippen molar-refractivity contribution in [1.29, 1.82) is 0 Å². The number of rotatable bonds is 6. The lowest BCUT2D eigenvalue weighted by Crippen LogP contribution is -2.53. The average Bonchev–Trinajstić information content (AvgIpc) is 3.26. The Hall–Kier alpha value is -1.85. The summed E-state index contributed by atoms with van der Waals surface area (Å²) in [6.45, 7) is 12.7. The predicted molar refractivity (Wildman–Crippen MR) is 138 cm³/mol. The normalized spacial score (nSPS) is 18.9. The van der Waals surface area contributed by atoms with Crippen LogP contribution in [0.5, 0.6) is 0 Å². The highest BCUT2D eigenvalue weighted by Gasteiger charge is 2.26. The number of hydrogen-bond donors (Lipinski definition) is 1. The van der Waals surface area contributed by atoms with Crippen LogP contribution in [0.1, 0.15) is 24.5 Å². The van der Waals surface area contributed by atoms with Crippen molar-refractivity contribution >= 4 is 35.8 Å². The van der Waals surface area contributed by atoms with Gasteiger partial charge >= 0.3 is 0 Å². The number of hydrogen-bond acceptors (Lipinski definition) is 6. The van der Waals surface area contributed by atoms with Crippen molar-refractivity contribution in [2.75, 3.05) is 70.5 Å². The monoisotopic (exact) mass is 554 g/mol. The van der Waals surface area contributed by atoms with Crippen molar-refractivity contribution in [2.24, 2.45) is 4.99 Å². The maximum Gasteiger partial charge on any atom is 0.194 e. The maximum atomic E-state index is 6.00. The fourth-order valence-electron chi connectivity index (χ4n) is 4.19. The van der Waals surface area contributed by atoms with Crippen molar-refractivity contribution < 1.29 is 9.15 Å². The summed E-state index contributed by atoms with van der Waals surface area (Å²) in [5, 5.41) is 3.49. The molecule has 0 amide bonds.